The van der Waals surface area contributed by atoms with Gasteiger partial charge in [0.15, 0.2) is 0 Å². The number of benzene rings is 3. The van der Waals surface area contributed by atoms with Gasteiger partial charge in [-0.1, -0.05) is 36.1 Å². The van der Waals surface area contributed by atoms with Crippen molar-refractivity contribution in [1.82, 2.24) is 0 Å². The SMILES string of the molecule is COc1ccc(N=Cc2cc([N+](=O)[O-])ccc2[O-])c2ccccc12. The fourth-order valence-electron chi connectivity index (χ4n) is 2.44. The first-order chi connectivity index (χ1) is 11.6. The van der Waals surface area contributed by atoms with Gasteiger partial charge in [0.2, 0.25) is 0 Å². The predicted molar refractivity (Wildman–Crippen MR) is 90.3 cm³/mol. The van der Waals surface area contributed by atoms with Gasteiger partial charge >= 0.3 is 0 Å². The molecule has 0 heterocycles. The van der Waals surface area contributed by atoms with Gasteiger partial charge in [-0.05, 0) is 17.7 Å². The van der Waals surface area contributed by atoms with Gasteiger partial charge in [-0.25, -0.2) is 0 Å². The van der Waals surface area contributed by atoms with Crippen molar-refractivity contribution in [1.29, 1.82) is 0 Å². The Morgan fingerprint density at radius 3 is 2.54 bits per heavy atom. The molecule has 0 unspecified atom stereocenters. The van der Waals surface area contributed by atoms with E-state index in [-0.39, 0.29) is 17.0 Å². The smallest absolute Gasteiger partial charge is 0.270 e. The molecular weight excluding hydrogens is 308 g/mol. The van der Waals surface area contributed by atoms with Crippen LogP contribution in [0.1, 0.15) is 5.56 Å². The van der Waals surface area contributed by atoms with E-state index in [1.54, 1.807) is 19.2 Å². The second-order valence-corrected chi connectivity index (χ2v) is 5.07. The van der Waals surface area contributed by atoms with E-state index in [4.69, 9.17) is 4.74 Å². The van der Waals surface area contributed by atoms with Gasteiger partial charge in [0.05, 0.1) is 17.7 Å². The highest BCUT2D eigenvalue weighted by molar-refractivity contribution is 5.99. The van der Waals surface area contributed by atoms with Crippen molar-refractivity contribution in [2.24, 2.45) is 4.99 Å². The number of fused-ring (bicyclic) bond motifs is 1. The van der Waals surface area contributed by atoms with E-state index < -0.39 is 4.92 Å². The van der Waals surface area contributed by atoms with Crippen molar-refractivity contribution >= 4 is 28.4 Å². The molecule has 120 valence electrons. The fourth-order valence-corrected chi connectivity index (χ4v) is 2.44. The summed E-state index contributed by atoms with van der Waals surface area (Å²) in [6.07, 6.45) is 1.35. The summed E-state index contributed by atoms with van der Waals surface area (Å²) < 4.78 is 5.33. The minimum absolute atomic E-state index is 0.143. The first-order valence-electron chi connectivity index (χ1n) is 7.15. The quantitative estimate of drug-likeness (QED) is 0.417. The van der Waals surface area contributed by atoms with Gasteiger partial charge in [-0.15, -0.1) is 0 Å². The second-order valence-electron chi connectivity index (χ2n) is 5.07. The van der Waals surface area contributed by atoms with E-state index in [1.165, 1.54) is 24.4 Å². The maximum Gasteiger partial charge on any atom is 0.270 e. The average Bonchev–Trinajstić information content (AvgIpc) is 2.60. The van der Waals surface area contributed by atoms with Crippen molar-refractivity contribution in [3.05, 3.63) is 70.3 Å². The van der Waals surface area contributed by atoms with Crippen LogP contribution in [-0.4, -0.2) is 18.2 Å². The molecule has 0 amide bonds. The molecule has 0 N–H and O–H groups in total. The molecule has 0 fully saturated rings. The van der Waals surface area contributed by atoms with Crippen molar-refractivity contribution < 1.29 is 14.8 Å². The molecule has 3 rings (SSSR count). The van der Waals surface area contributed by atoms with Crippen LogP contribution < -0.4 is 9.84 Å². The van der Waals surface area contributed by atoms with E-state index in [9.17, 15) is 15.2 Å². The van der Waals surface area contributed by atoms with Crippen LogP contribution in [0.2, 0.25) is 0 Å². The first kappa shape index (κ1) is 15.5. The monoisotopic (exact) mass is 321 g/mol. The van der Waals surface area contributed by atoms with Crippen LogP contribution in [-0.2, 0) is 0 Å². The minimum Gasteiger partial charge on any atom is -0.872 e. The van der Waals surface area contributed by atoms with E-state index in [2.05, 4.69) is 4.99 Å². The number of ether oxygens (including phenoxy) is 1. The van der Waals surface area contributed by atoms with Gasteiger partial charge in [0.1, 0.15) is 5.75 Å². The van der Waals surface area contributed by atoms with Gasteiger partial charge in [0, 0.05) is 29.1 Å². The van der Waals surface area contributed by atoms with Crippen LogP contribution in [0.3, 0.4) is 0 Å². The molecule has 0 saturated heterocycles. The Morgan fingerprint density at radius 1 is 1.08 bits per heavy atom. The number of aliphatic imine (C=N–C) groups is 1. The van der Waals surface area contributed by atoms with Crippen LogP contribution in [0.4, 0.5) is 11.4 Å². The van der Waals surface area contributed by atoms with E-state index in [0.717, 1.165) is 16.5 Å². The molecule has 3 aromatic carbocycles. The fraction of sp³-hybridized carbons (Fsp3) is 0.0556. The molecule has 0 aromatic heterocycles. The molecule has 0 atom stereocenters. The van der Waals surface area contributed by atoms with Gasteiger partial charge in [0.25, 0.3) is 5.69 Å². The second kappa shape index (κ2) is 6.37. The number of nitro benzene ring substituents is 1. The first-order valence-corrected chi connectivity index (χ1v) is 7.15. The van der Waals surface area contributed by atoms with E-state index in [1.807, 2.05) is 24.3 Å². The Balaban J connectivity index is 2.06. The Morgan fingerprint density at radius 2 is 1.83 bits per heavy atom. The van der Waals surface area contributed by atoms with Gasteiger partial charge in [-0.3, -0.25) is 15.1 Å². The third-order valence-electron chi connectivity index (χ3n) is 3.63. The zero-order chi connectivity index (χ0) is 17.1. The summed E-state index contributed by atoms with van der Waals surface area (Å²) in [6.45, 7) is 0. The molecule has 6 heteroatoms. The standard InChI is InChI=1S/C18H14N2O4/c1-24-18-9-7-16(14-4-2-3-5-15(14)18)19-11-12-10-13(20(22)23)6-8-17(12)21/h2-11,21H,1H3/p-1. The molecule has 0 aliphatic rings. The zero-order valence-corrected chi connectivity index (χ0v) is 12.8. The molecule has 0 radical (unpaired) electrons. The predicted octanol–water partition coefficient (Wildman–Crippen LogP) is 3.58. The summed E-state index contributed by atoms with van der Waals surface area (Å²) in [6, 6.07) is 14.7. The number of nitro groups is 1. The number of nitrogens with zero attached hydrogens (tertiary/aromatic N) is 2. The molecular formula is C18H13N2O4-. The van der Waals surface area contributed by atoms with Crippen LogP contribution in [0.15, 0.2) is 59.6 Å². The van der Waals surface area contributed by atoms with Gasteiger partial charge in [-0.2, -0.15) is 0 Å². The maximum atomic E-state index is 11.8. The van der Waals surface area contributed by atoms with Crippen molar-refractivity contribution in [3.8, 4) is 11.5 Å². The Hall–Kier alpha value is -3.41. The third kappa shape index (κ3) is 2.89. The highest BCUT2D eigenvalue weighted by Gasteiger charge is 2.07. The molecule has 0 aliphatic carbocycles. The molecule has 0 aliphatic heterocycles. The Bertz CT molecular complexity index is 951. The lowest BCUT2D eigenvalue weighted by Gasteiger charge is -2.10. The highest BCUT2D eigenvalue weighted by atomic mass is 16.6. The number of hydrogen-bond donors (Lipinski definition) is 0. The number of methoxy groups -OCH3 is 1. The number of non-ortho nitro benzene ring substituents is 1. The highest BCUT2D eigenvalue weighted by Crippen LogP contribution is 2.33. The summed E-state index contributed by atoms with van der Waals surface area (Å²) in [5.74, 6) is 0.409. The van der Waals surface area contributed by atoms with Crippen molar-refractivity contribution in [3.63, 3.8) is 0 Å². The Labute approximate surface area is 137 Å². The van der Waals surface area contributed by atoms with E-state index in [0.29, 0.717) is 5.69 Å². The molecule has 0 bridgehead atoms. The van der Waals surface area contributed by atoms with Crippen molar-refractivity contribution in [2.75, 3.05) is 7.11 Å². The minimum atomic E-state index is -0.542. The summed E-state index contributed by atoms with van der Waals surface area (Å²) in [4.78, 5) is 14.6. The molecule has 0 spiro atoms. The van der Waals surface area contributed by atoms with Crippen LogP contribution in [0, 0.1) is 10.1 Å². The molecule has 0 saturated carbocycles. The number of hydrogen-bond acceptors (Lipinski definition) is 5. The maximum absolute atomic E-state index is 11.8. The third-order valence-corrected chi connectivity index (χ3v) is 3.63. The largest absolute Gasteiger partial charge is 0.872 e. The lowest BCUT2D eigenvalue weighted by molar-refractivity contribution is -0.385. The van der Waals surface area contributed by atoms with Crippen molar-refractivity contribution in [2.45, 2.75) is 0 Å². The normalized spacial score (nSPS) is 11.0. The van der Waals surface area contributed by atoms with Crippen LogP contribution >= 0.6 is 0 Å². The average molecular weight is 321 g/mol. The zero-order valence-electron chi connectivity index (χ0n) is 12.8. The Kier molecular flexibility index (Phi) is 4.11. The summed E-state index contributed by atoms with van der Waals surface area (Å²) >= 11 is 0. The topological polar surface area (TPSA) is 87.8 Å². The summed E-state index contributed by atoms with van der Waals surface area (Å²) in [5, 5.41) is 24.4. The van der Waals surface area contributed by atoms with Gasteiger partial charge < -0.3 is 9.84 Å². The van der Waals surface area contributed by atoms with Crippen LogP contribution in [0.5, 0.6) is 11.5 Å². The number of rotatable bonds is 4. The molecule has 24 heavy (non-hydrogen) atoms. The molecule has 6 nitrogen and oxygen atoms in total. The summed E-state index contributed by atoms with van der Waals surface area (Å²) in [7, 11) is 1.59. The summed E-state index contributed by atoms with van der Waals surface area (Å²) in [5.41, 5.74) is 0.678. The van der Waals surface area contributed by atoms with Crippen LogP contribution in [0.25, 0.3) is 10.8 Å². The molecule has 3 aromatic rings. The lowest BCUT2D eigenvalue weighted by atomic mass is 10.1. The lowest BCUT2D eigenvalue weighted by Crippen LogP contribution is -1.98. The van der Waals surface area contributed by atoms with E-state index >= 15 is 0 Å².